The quantitative estimate of drug-likeness (QED) is 0.804. The summed E-state index contributed by atoms with van der Waals surface area (Å²) in [6.07, 6.45) is 8.89. The number of halogens is 1. The maximum Gasteiger partial charge on any atom is 0.279 e. The second-order valence-electron chi connectivity index (χ2n) is 6.32. The number of nitrogens with zero attached hydrogens (tertiary/aromatic N) is 1. The van der Waals surface area contributed by atoms with Crippen molar-refractivity contribution >= 4 is 22.6 Å². The fourth-order valence-corrected chi connectivity index (χ4v) is 5.32. The van der Waals surface area contributed by atoms with Crippen LogP contribution in [0.25, 0.3) is 0 Å². The van der Waals surface area contributed by atoms with Gasteiger partial charge in [0, 0.05) is 25.2 Å². The standard InChI is InChI=1S/C14H29N3O2S.ClH/c1-12-7-5-6-10-17(12)20(18,19)16-14(11-15)13-8-3-2-4-9-13;/h12-14,16H,2-11,15H2,1H3;1H. The first kappa shape index (κ1) is 19.2. The van der Waals surface area contributed by atoms with Crippen molar-refractivity contribution in [2.75, 3.05) is 13.1 Å². The molecule has 0 spiro atoms. The monoisotopic (exact) mass is 339 g/mol. The van der Waals surface area contributed by atoms with E-state index in [1.807, 2.05) is 6.92 Å². The number of piperidine rings is 1. The first-order chi connectivity index (χ1) is 9.54. The first-order valence-corrected chi connectivity index (χ1v) is 9.48. The molecule has 3 N–H and O–H groups in total. The molecule has 2 unspecified atom stereocenters. The van der Waals surface area contributed by atoms with Crippen LogP contribution in [-0.2, 0) is 10.2 Å². The van der Waals surface area contributed by atoms with Crippen LogP contribution < -0.4 is 10.5 Å². The van der Waals surface area contributed by atoms with Crippen LogP contribution >= 0.6 is 12.4 Å². The van der Waals surface area contributed by atoms with Crippen LogP contribution in [0.3, 0.4) is 0 Å². The Bertz CT molecular complexity index is 399. The summed E-state index contributed by atoms with van der Waals surface area (Å²) in [4.78, 5) is 0. The van der Waals surface area contributed by atoms with Crippen molar-refractivity contribution in [1.82, 2.24) is 9.03 Å². The molecule has 2 rings (SSSR count). The average molecular weight is 340 g/mol. The van der Waals surface area contributed by atoms with E-state index < -0.39 is 10.2 Å². The van der Waals surface area contributed by atoms with Crippen LogP contribution in [-0.4, -0.2) is 37.9 Å². The maximum absolute atomic E-state index is 12.6. The van der Waals surface area contributed by atoms with Gasteiger partial charge in [0.1, 0.15) is 0 Å². The molecule has 7 heteroatoms. The summed E-state index contributed by atoms with van der Waals surface area (Å²) in [5, 5.41) is 0. The van der Waals surface area contributed by atoms with Gasteiger partial charge in [0.2, 0.25) is 0 Å². The molecule has 0 aromatic heterocycles. The van der Waals surface area contributed by atoms with Gasteiger partial charge in [-0.05, 0) is 38.5 Å². The molecule has 0 aromatic rings. The summed E-state index contributed by atoms with van der Waals surface area (Å²) in [5.74, 6) is 0.406. The van der Waals surface area contributed by atoms with Gasteiger partial charge in [-0.25, -0.2) is 0 Å². The number of hydrogen-bond donors (Lipinski definition) is 2. The Balaban J connectivity index is 0.00000220. The fraction of sp³-hybridized carbons (Fsp3) is 1.00. The predicted molar refractivity (Wildman–Crippen MR) is 88.7 cm³/mol. The van der Waals surface area contributed by atoms with Gasteiger partial charge >= 0.3 is 0 Å². The van der Waals surface area contributed by atoms with E-state index in [4.69, 9.17) is 5.73 Å². The number of nitrogens with one attached hydrogen (secondary N) is 1. The average Bonchev–Trinajstić information content (AvgIpc) is 2.46. The van der Waals surface area contributed by atoms with Gasteiger partial charge in [-0.3, -0.25) is 0 Å². The molecule has 1 aliphatic carbocycles. The van der Waals surface area contributed by atoms with Crippen LogP contribution in [0.2, 0.25) is 0 Å². The third kappa shape index (κ3) is 5.06. The Hall–Kier alpha value is 0.120. The van der Waals surface area contributed by atoms with Gasteiger partial charge in [-0.2, -0.15) is 17.4 Å². The van der Waals surface area contributed by atoms with E-state index in [2.05, 4.69) is 4.72 Å². The molecule has 21 heavy (non-hydrogen) atoms. The Morgan fingerprint density at radius 2 is 1.76 bits per heavy atom. The molecule has 5 nitrogen and oxygen atoms in total. The zero-order valence-corrected chi connectivity index (χ0v) is 14.6. The van der Waals surface area contributed by atoms with Crippen molar-refractivity contribution in [2.24, 2.45) is 11.7 Å². The highest BCUT2D eigenvalue weighted by Gasteiger charge is 2.33. The summed E-state index contributed by atoms with van der Waals surface area (Å²) in [7, 11) is -3.39. The fourth-order valence-electron chi connectivity index (χ4n) is 3.56. The minimum Gasteiger partial charge on any atom is -0.329 e. The van der Waals surface area contributed by atoms with Gasteiger partial charge in [-0.15, -0.1) is 12.4 Å². The van der Waals surface area contributed by atoms with Crippen LogP contribution in [0.15, 0.2) is 0 Å². The molecular weight excluding hydrogens is 310 g/mol. The maximum atomic E-state index is 12.6. The second-order valence-corrected chi connectivity index (χ2v) is 7.97. The zero-order chi connectivity index (χ0) is 14.6. The Morgan fingerprint density at radius 1 is 1.14 bits per heavy atom. The smallest absolute Gasteiger partial charge is 0.279 e. The molecule has 2 aliphatic rings. The molecule has 0 radical (unpaired) electrons. The molecule has 1 saturated heterocycles. The van der Waals surface area contributed by atoms with Crippen molar-refractivity contribution in [3.63, 3.8) is 0 Å². The third-order valence-electron chi connectivity index (χ3n) is 4.82. The van der Waals surface area contributed by atoms with Crippen LogP contribution in [0, 0.1) is 5.92 Å². The largest absolute Gasteiger partial charge is 0.329 e. The predicted octanol–water partition coefficient (Wildman–Crippen LogP) is 2.02. The van der Waals surface area contributed by atoms with Gasteiger partial charge in [0.05, 0.1) is 0 Å². The molecule has 0 amide bonds. The molecule has 1 aliphatic heterocycles. The van der Waals surface area contributed by atoms with Gasteiger partial charge in [-0.1, -0.05) is 25.7 Å². The van der Waals surface area contributed by atoms with E-state index in [1.54, 1.807) is 4.31 Å². The molecular formula is C14H30ClN3O2S. The normalized spacial score (nSPS) is 27.0. The van der Waals surface area contributed by atoms with E-state index in [0.717, 1.165) is 32.1 Å². The first-order valence-electron chi connectivity index (χ1n) is 8.04. The highest BCUT2D eigenvalue weighted by Crippen LogP contribution is 2.27. The Labute approximate surface area is 135 Å². The van der Waals surface area contributed by atoms with Crippen molar-refractivity contribution in [3.8, 4) is 0 Å². The second kappa shape index (κ2) is 8.67. The highest BCUT2D eigenvalue weighted by molar-refractivity contribution is 7.87. The van der Waals surface area contributed by atoms with E-state index >= 15 is 0 Å². The molecule has 2 fully saturated rings. The number of hydrogen-bond acceptors (Lipinski definition) is 3. The summed E-state index contributed by atoms with van der Waals surface area (Å²) in [6, 6.07) is 0.000423. The van der Waals surface area contributed by atoms with E-state index in [9.17, 15) is 8.42 Å². The highest BCUT2D eigenvalue weighted by atomic mass is 35.5. The van der Waals surface area contributed by atoms with E-state index in [0.29, 0.717) is 19.0 Å². The number of nitrogens with two attached hydrogens (primary N) is 1. The van der Waals surface area contributed by atoms with Crippen molar-refractivity contribution in [1.29, 1.82) is 0 Å². The molecule has 0 bridgehead atoms. The lowest BCUT2D eigenvalue weighted by Gasteiger charge is -2.36. The van der Waals surface area contributed by atoms with Crippen molar-refractivity contribution in [3.05, 3.63) is 0 Å². The molecule has 126 valence electrons. The lowest BCUT2D eigenvalue weighted by atomic mass is 9.84. The molecule has 2 atom stereocenters. The van der Waals surface area contributed by atoms with Crippen molar-refractivity contribution in [2.45, 2.75) is 70.4 Å². The third-order valence-corrected chi connectivity index (χ3v) is 6.58. The van der Waals surface area contributed by atoms with Crippen molar-refractivity contribution < 1.29 is 8.42 Å². The minimum atomic E-state index is -3.39. The van der Waals surface area contributed by atoms with Crippen LogP contribution in [0.4, 0.5) is 0 Å². The van der Waals surface area contributed by atoms with Crippen LogP contribution in [0.5, 0.6) is 0 Å². The lowest BCUT2D eigenvalue weighted by molar-refractivity contribution is 0.252. The van der Waals surface area contributed by atoms with E-state index in [-0.39, 0.29) is 24.5 Å². The summed E-state index contributed by atoms with van der Waals surface area (Å²) >= 11 is 0. The minimum absolute atomic E-state index is 0. The SMILES string of the molecule is CC1CCCCN1S(=O)(=O)NC(CN)C1CCCCC1.Cl. The molecule has 1 heterocycles. The van der Waals surface area contributed by atoms with E-state index in [1.165, 1.54) is 19.3 Å². The Morgan fingerprint density at radius 3 is 2.33 bits per heavy atom. The molecule has 1 saturated carbocycles. The summed E-state index contributed by atoms with van der Waals surface area (Å²) in [5.41, 5.74) is 5.83. The van der Waals surface area contributed by atoms with Gasteiger partial charge < -0.3 is 5.73 Å². The summed E-state index contributed by atoms with van der Waals surface area (Å²) in [6.45, 7) is 3.03. The zero-order valence-electron chi connectivity index (χ0n) is 13.0. The topological polar surface area (TPSA) is 75.4 Å². The summed E-state index contributed by atoms with van der Waals surface area (Å²) < 4.78 is 29.6. The number of rotatable bonds is 5. The van der Waals surface area contributed by atoms with Crippen LogP contribution in [0.1, 0.15) is 58.3 Å². The van der Waals surface area contributed by atoms with Gasteiger partial charge in [0.15, 0.2) is 0 Å². The lowest BCUT2D eigenvalue weighted by Crippen LogP contribution is -2.54. The molecule has 0 aromatic carbocycles. The van der Waals surface area contributed by atoms with Gasteiger partial charge in [0.25, 0.3) is 10.2 Å². The Kier molecular flexibility index (Phi) is 7.92.